The van der Waals surface area contributed by atoms with Crippen LogP contribution in [-0.4, -0.2) is 35.7 Å². The van der Waals surface area contributed by atoms with Crippen molar-refractivity contribution in [3.8, 4) is 0 Å². The van der Waals surface area contributed by atoms with Crippen LogP contribution in [0, 0.1) is 17.3 Å². The average Bonchev–Trinajstić information content (AvgIpc) is 2.72. The van der Waals surface area contributed by atoms with Gasteiger partial charge in [-0.05, 0) is 42.9 Å². The van der Waals surface area contributed by atoms with Crippen LogP contribution in [0.3, 0.4) is 0 Å². The van der Waals surface area contributed by atoms with Gasteiger partial charge in [0.2, 0.25) is 5.91 Å². The van der Waals surface area contributed by atoms with Gasteiger partial charge in [-0.1, -0.05) is 20.8 Å². The second kappa shape index (κ2) is 6.57. The summed E-state index contributed by atoms with van der Waals surface area (Å²) in [7, 11) is 0. The Morgan fingerprint density at radius 1 is 1.32 bits per heavy atom. The smallest absolute Gasteiger partial charge is 0.305 e. The van der Waals surface area contributed by atoms with Gasteiger partial charge in [0.15, 0.2) is 0 Å². The summed E-state index contributed by atoms with van der Waals surface area (Å²) in [6.07, 6.45) is 4.37. The number of nitrogens with one attached hydrogen (secondary N) is 1. The van der Waals surface area contributed by atoms with E-state index in [-0.39, 0.29) is 17.7 Å². The zero-order valence-electron chi connectivity index (χ0n) is 14.0. The summed E-state index contributed by atoms with van der Waals surface area (Å²) in [5.41, 5.74) is -0.420. The van der Waals surface area contributed by atoms with Gasteiger partial charge in [-0.3, -0.25) is 9.59 Å². The van der Waals surface area contributed by atoms with E-state index in [2.05, 4.69) is 26.1 Å². The molecule has 22 heavy (non-hydrogen) atoms. The lowest BCUT2D eigenvalue weighted by Crippen LogP contribution is -2.51. The molecule has 0 aromatic rings. The van der Waals surface area contributed by atoms with Crippen molar-refractivity contribution in [1.82, 2.24) is 5.32 Å². The highest BCUT2D eigenvalue weighted by molar-refractivity contribution is 5.78. The van der Waals surface area contributed by atoms with Gasteiger partial charge in [0.1, 0.15) is 0 Å². The average molecular weight is 311 g/mol. The number of hydrogen-bond donors (Lipinski definition) is 2. The molecule has 1 saturated carbocycles. The van der Waals surface area contributed by atoms with Crippen LogP contribution in [0.2, 0.25) is 0 Å². The Kier molecular flexibility index (Phi) is 5.15. The number of amides is 1. The summed E-state index contributed by atoms with van der Waals surface area (Å²) in [6, 6.07) is 0. The SMILES string of the molecule is CC1CC(CC(=O)NC2(CC(=O)O)CCOC2)CC(C)(C)C1. The van der Waals surface area contributed by atoms with Crippen LogP contribution in [-0.2, 0) is 14.3 Å². The van der Waals surface area contributed by atoms with E-state index < -0.39 is 11.5 Å². The quantitative estimate of drug-likeness (QED) is 0.818. The number of ether oxygens (including phenoxy) is 1. The Morgan fingerprint density at radius 3 is 2.59 bits per heavy atom. The summed E-state index contributed by atoms with van der Waals surface area (Å²) >= 11 is 0. The highest BCUT2D eigenvalue weighted by Crippen LogP contribution is 2.42. The van der Waals surface area contributed by atoms with Crippen LogP contribution < -0.4 is 5.32 Å². The van der Waals surface area contributed by atoms with Crippen LogP contribution in [0.5, 0.6) is 0 Å². The fraction of sp³-hybridized carbons (Fsp3) is 0.882. The molecule has 1 aliphatic heterocycles. The van der Waals surface area contributed by atoms with E-state index in [1.54, 1.807) is 0 Å². The molecule has 2 aliphatic rings. The van der Waals surface area contributed by atoms with E-state index in [9.17, 15) is 9.59 Å². The van der Waals surface area contributed by atoms with Gasteiger partial charge in [0.25, 0.3) is 0 Å². The van der Waals surface area contributed by atoms with E-state index in [0.29, 0.717) is 37.9 Å². The standard InChI is InChI=1S/C17H29NO4/c1-12-6-13(9-16(2,3)8-12)7-14(19)18-17(10-15(20)21)4-5-22-11-17/h12-13H,4-11H2,1-3H3,(H,18,19)(H,20,21). The maximum Gasteiger partial charge on any atom is 0.305 e. The molecule has 126 valence electrons. The lowest BCUT2D eigenvalue weighted by molar-refractivity contribution is -0.139. The first kappa shape index (κ1) is 17.3. The minimum Gasteiger partial charge on any atom is -0.481 e. The lowest BCUT2D eigenvalue weighted by atomic mass is 9.67. The zero-order valence-corrected chi connectivity index (χ0v) is 14.0. The van der Waals surface area contributed by atoms with Gasteiger partial charge >= 0.3 is 5.97 Å². The summed E-state index contributed by atoms with van der Waals surface area (Å²) in [4.78, 5) is 23.5. The normalized spacial score (nSPS) is 34.3. The van der Waals surface area contributed by atoms with Crippen molar-refractivity contribution in [3.05, 3.63) is 0 Å². The molecule has 1 heterocycles. The summed E-state index contributed by atoms with van der Waals surface area (Å²) in [5.74, 6) is 0.118. The van der Waals surface area contributed by atoms with E-state index in [1.165, 1.54) is 6.42 Å². The second-order valence-corrected chi connectivity index (χ2v) is 8.19. The molecule has 1 saturated heterocycles. The Balaban J connectivity index is 1.92. The van der Waals surface area contributed by atoms with Gasteiger partial charge in [-0.2, -0.15) is 0 Å². The Morgan fingerprint density at radius 2 is 2.05 bits per heavy atom. The summed E-state index contributed by atoms with van der Waals surface area (Å²) in [6.45, 7) is 7.61. The van der Waals surface area contributed by atoms with Crippen molar-refractivity contribution in [1.29, 1.82) is 0 Å². The molecule has 1 amide bonds. The summed E-state index contributed by atoms with van der Waals surface area (Å²) in [5, 5.41) is 12.0. The van der Waals surface area contributed by atoms with E-state index >= 15 is 0 Å². The van der Waals surface area contributed by atoms with Crippen molar-refractivity contribution in [2.45, 2.75) is 64.8 Å². The topological polar surface area (TPSA) is 75.6 Å². The lowest BCUT2D eigenvalue weighted by Gasteiger charge is -2.39. The fourth-order valence-electron chi connectivity index (χ4n) is 4.49. The largest absolute Gasteiger partial charge is 0.481 e. The highest BCUT2D eigenvalue weighted by atomic mass is 16.5. The monoisotopic (exact) mass is 311 g/mol. The Labute approximate surface area is 132 Å². The molecule has 5 nitrogen and oxygen atoms in total. The maximum atomic E-state index is 12.4. The number of carboxylic acids is 1. The van der Waals surface area contributed by atoms with Crippen LogP contribution in [0.1, 0.15) is 59.3 Å². The van der Waals surface area contributed by atoms with Crippen molar-refractivity contribution >= 4 is 11.9 Å². The molecule has 2 rings (SSSR count). The van der Waals surface area contributed by atoms with E-state index in [0.717, 1.165) is 12.8 Å². The van der Waals surface area contributed by atoms with Crippen LogP contribution in [0.4, 0.5) is 0 Å². The van der Waals surface area contributed by atoms with Gasteiger partial charge in [0.05, 0.1) is 18.6 Å². The zero-order chi connectivity index (χ0) is 16.4. The maximum absolute atomic E-state index is 12.4. The van der Waals surface area contributed by atoms with Gasteiger partial charge in [-0.15, -0.1) is 0 Å². The predicted octanol–water partition coefficient (Wildman–Crippen LogP) is 2.59. The van der Waals surface area contributed by atoms with Crippen LogP contribution in [0.15, 0.2) is 0 Å². The molecule has 2 fully saturated rings. The first-order chi connectivity index (χ1) is 10.2. The van der Waals surface area contributed by atoms with E-state index in [1.807, 2.05) is 0 Å². The number of aliphatic carboxylic acids is 1. The third kappa shape index (κ3) is 4.70. The van der Waals surface area contributed by atoms with Crippen LogP contribution >= 0.6 is 0 Å². The Bertz CT molecular complexity index is 426. The molecule has 0 bridgehead atoms. The number of carbonyl (C=O) groups excluding carboxylic acids is 1. The molecule has 1 aliphatic carbocycles. The molecular weight excluding hydrogens is 282 g/mol. The predicted molar refractivity (Wildman–Crippen MR) is 83.5 cm³/mol. The number of carbonyl (C=O) groups is 2. The molecule has 0 radical (unpaired) electrons. The van der Waals surface area contributed by atoms with Gasteiger partial charge in [0, 0.05) is 13.0 Å². The third-order valence-electron chi connectivity index (χ3n) is 4.95. The number of rotatable bonds is 5. The molecular formula is C17H29NO4. The number of carboxylic acid groups (broad SMARTS) is 1. The molecule has 0 aromatic heterocycles. The molecule has 2 N–H and O–H groups in total. The number of hydrogen-bond acceptors (Lipinski definition) is 3. The van der Waals surface area contributed by atoms with Crippen molar-refractivity contribution in [3.63, 3.8) is 0 Å². The molecule has 3 unspecified atom stereocenters. The highest BCUT2D eigenvalue weighted by Gasteiger charge is 2.39. The minimum absolute atomic E-state index is 0.0262. The van der Waals surface area contributed by atoms with Crippen LogP contribution in [0.25, 0.3) is 0 Å². The van der Waals surface area contributed by atoms with Gasteiger partial charge in [-0.25, -0.2) is 0 Å². The third-order valence-corrected chi connectivity index (χ3v) is 4.95. The minimum atomic E-state index is -0.891. The fourth-order valence-corrected chi connectivity index (χ4v) is 4.49. The molecule has 0 aromatic carbocycles. The first-order valence-electron chi connectivity index (χ1n) is 8.30. The summed E-state index contributed by atoms with van der Waals surface area (Å²) < 4.78 is 5.32. The van der Waals surface area contributed by atoms with Crippen molar-refractivity contribution in [2.75, 3.05) is 13.2 Å². The molecule has 0 spiro atoms. The molecule has 3 atom stereocenters. The second-order valence-electron chi connectivity index (χ2n) is 8.19. The van der Waals surface area contributed by atoms with Crippen molar-refractivity contribution in [2.24, 2.45) is 17.3 Å². The first-order valence-corrected chi connectivity index (χ1v) is 8.30. The molecule has 5 heteroatoms. The Hall–Kier alpha value is -1.10. The van der Waals surface area contributed by atoms with Crippen molar-refractivity contribution < 1.29 is 19.4 Å². The van der Waals surface area contributed by atoms with E-state index in [4.69, 9.17) is 9.84 Å². The van der Waals surface area contributed by atoms with Gasteiger partial charge < -0.3 is 15.2 Å².